The van der Waals surface area contributed by atoms with E-state index >= 15 is 0 Å². The molecule has 1 aliphatic carbocycles. The molecule has 2 aromatic heterocycles. The van der Waals surface area contributed by atoms with Gasteiger partial charge in [0.2, 0.25) is 6.41 Å². The number of carbonyl (C=O) groups excluding carboxylic acids is 3. The molecule has 5 rings (SSSR count). The summed E-state index contributed by atoms with van der Waals surface area (Å²) in [4.78, 5) is 64.0. The van der Waals surface area contributed by atoms with Crippen LogP contribution in [0.3, 0.4) is 0 Å². The number of rotatable bonds is 11. The van der Waals surface area contributed by atoms with Gasteiger partial charge in [0, 0.05) is 16.9 Å². The molecule has 13 nitrogen and oxygen atoms in total. The molecule has 0 radical (unpaired) electrons. The maximum Gasteiger partial charge on any atom is 0.352 e. The monoisotopic (exact) mass is 581 g/mol. The molecule has 2 aliphatic heterocycles. The molecule has 2 atom stereocenters. The van der Waals surface area contributed by atoms with E-state index in [1.807, 2.05) is 0 Å². The van der Waals surface area contributed by atoms with Crippen molar-refractivity contribution in [3.63, 3.8) is 0 Å². The summed E-state index contributed by atoms with van der Waals surface area (Å²) in [7, 11) is 0. The fourth-order valence-electron chi connectivity index (χ4n) is 3.49. The molecule has 1 saturated heterocycles. The molecule has 4 heterocycles. The van der Waals surface area contributed by atoms with E-state index in [4.69, 9.17) is 4.84 Å². The van der Waals surface area contributed by atoms with E-state index in [0.717, 1.165) is 28.5 Å². The first-order valence-electron chi connectivity index (χ1n) is 10.9. The molecule has 1 saturated carbocycles. The van der Waals surface area contributed by atoms with Crippen molar-refractivity contribution >= 4 is 81.4 Å². The number of carbonyl (C=O) groups is 4. The van der Waals surface area contributed by atoms with Crippen LogP contribution in [0.4, 0.5) is 5.13 Å². The number of nitrogens with zero attached hydrogens (tertiary/aromatic N) is 5. The number of hydrogen-bond acceptors (Lipinski definition) is 13. The number of oxime groups is 1. The zero-order chi connectivity index (χ0) is 26.1. The molecular weight excluding hydrogens is 563 g/mol. The third kappa shape index (κ3) is 5.48. The van der Waals surface area contributed by atoms with Crippen molar-refractivity contribution in [2.45, 2.75) is 41.6 Å². The third-order valence-corrected chi connectivity index (χ3v) is 9.50. The van der Waals surface area contributed by atoms with Crippen LogP contribution in [0.5, 0.6) is 0 Å². The molecule has 0 spiro atoms. The first kappa shape index (κ1) is 25.6. The third-order valence-electron chi connectivity index (χ3n) is 5.38. The standard InChI is InChI=1S/C20H19N7O6S4/c1-8-22-20(37-26-8)36-5-9-4-34-17-13(16(30)27(17)14(9)18(31)32)24-15(29)12(25-33-10-2-3-10)11-6-35-19(23-11)21-7-28/h6-7,10,13,17H,2-5H2,1H3,(H,24,29)(H,31,32)(H,21,23,28)/t13-,17+/m1/s1. The number of nitrogens with one attached hydrogen (secondary N) is 2. The minimum Gasteiger partial charge on any atom is -0.477 e. The van der Waals surface area contributed by atoms with Crippen molar-refractivity contribution in [3.05, 3.63) is 28.2 Å². The molecule has 2 aromatic rings. The number of aromatic nitrogens is 3. The zero-order valence-corrected chi connectivity index (χ0v) is 22.3. The van der Waals surface area contributed by atoms with Crippen LogP contribution in [0.2, 0.25) is 0 Å². The van der Waals surface area contributed by atoms with Gasteiger partial charge >= 0.3 is 5.97 Å². The van der Waals surface area contributed by atoms with Crippen LogP contribution in [0.15, 0.2) is 26.1 Å². The maximum absolute atomic E-state index is 13.1. The van der Waals surface area contributed by atoms with Crippen molar-refractivity contribution in [2.75, 3.05) is 16.8 Å². The Morgan fingerprint density at radius 3 is 2.86 bits per heavy atom. The van der Waals surface area contributed by atoms with Gasteiger partial charge in [0.05, 0.1) is 0 Å². The number of aliphatic carboxylic acids is 1. The summed E-state index contributed by atoms with van der Waals surface area (Å²) >= 11 is 5.08. The quantitative estimate of drug-likeness (QED) is 0.115. The second-order valence-corrected chi connectivity index (χ2v) is 12.0. The largest absolute Gasteiger partial charge is 0.477 e. The Bertz CT molecular complexity index is 1320. The summed E-state index contributed by atoms with van der Waals surface area (Å²) < 4.78 is 4.84. The van der Waals surface area contributed by atoms with Crippen LogP contribution in [-0.4, -0.2) is 83.3 Å². The molecule has 0 unspecified atom stereocenters. The van der Waals surface area contributed by atoms with E-state index in [0.29, 0.717) is 29.3 Å². The number of thioether (sulfide) groups is 2. The summed E-state index contributed by atoms with van der Waals surface area (Å²) in [5.74, 6) is -1.03. The highest BCUT2D eigenvalue weighted by Gasteiger charge is 2.54. The van der Waals surface area contributed by atoms with Gasteiger partial charge in [-0.25, -0.2) is 14.8 Å². The number of hydrogen-bond donors (Lipinski definition) is 3. The van der Waals surface area contributed by atoms with Gasteiger partial charge in [-0.15, -0.1) is 23.1 Å². The van der Waals surface area contributed by atoms with Crippen molar-refractivity contribution in [3.8, 4) is 0 Å². The number of fused-ring (bicyclic) bond motifs is 1. The second kappa shape index (κ2) is 10.8. The lowest BCUT2D eigenvalue weighted by atomic mass is 10.0. The molecule has 0 bridgehead atoms. The lowest BCUT2D eigenvalue weighted by Crippen LogP contribution is -2.71. The molecule has 37 heavy (non-hydrogen) atoms. The fourth-order valence-corrected chi connectivity index (χ4v) is 7.28. The van der Waals surface area contributed by atoms with Crippen molar-refractivity contribution in [2.24, 2.45) is 5.16 Å². The smallest absolute Gasteiger partial charge is 0.352 e. The minimum absolute atomic E-state index is 0.0666. The highest BCUT2D eigenvalue weighted by molar-refractivity contribution is 8.01. The summed E-state index contributed by atoms with van der Waals surface area (Å²) in [6.07, 6.45) is 2.04. The number of β-lactam (4-membered cyclic amide) rings is 1. The average Bonchev–Trinajstić information content (AvgIpc) is 3.43. The summed E-state index contributed by atoms with van der Waals surface area (Å²) in [6.45, 7) is 1.78. The second-order valence-electron chi connectivity index (χ2n) is 8.06. The van der Waals surface area contributed by atoms with Crippen LogP contribution in [0.25, 0.3) is 0 Å². The predicted molar refractivity (Wildman–Crippen MR) is 137 cm³/mol. The van der Waals surface area contributed by atoms with Crippen molar-refractivity contribution in [1.29, 1.82) is 0 Å². The zero-order valence-electron chi connectivity index (χ0n) is 19.1. The Morgan fingerprint density at radius 1 is 1.38 bits per heavy atom. The van der Waals surface area contributed by atoms with Crippen LogP contribution < -0.4 is 10.6 Å². The number of aryl methyl sites for hydroxylation is 1. The highest BCUT2D eigenvalue weighted by atomic mass is 32.2. The Morgan fingerprint density at radius 2 is 2.19 bits per heavy atom. The van der Waals surface area contributed by atoms with Crippen LogP contribution >= 0.6 is 46.4 Å². The first-order chi connectivity index (χ1) is 17.9. The molecule has 2 fully saturated rings. The molecule has 3 N–H and O–H groups in total. The van der Waals surface area contributed by atoms with Gasteiger partial charge in [0.15, 0.2) is 15.2 Å². The van der Waals surface area contributed by atoms with Gasteiger partial charge in [0.25, 0.3) is 11.8 Å². The van der Waals surface area contributed by atoms with E-state index in [9.17, 15) is 24.3 Å². The SMILES string of the molecule is Cc1nsc(SCC2=C(C(=O)O)N3C(=O)[C@@H](NC(=O)C(=NOC4CC4)c4csc(NC=O)n4)[C@@H]3SC2)n1. The maximum atomic E-state index is 13.1. The Labute approximate surface area is 226 Å². The number of anilines is 1. The van der Waals surface area contributed by atoms with Gasteiger partial charge in [0.1, 0.15) is 34.7 Å². The van der Waals surface area contributed by atoms with Gasteiger partial charge < -0.3 is 20.6 Å². The number of carboxylic acid groups (broad SMARTS) is 1. The van der Waals surface area contributed by atoms with E-state index in [1.54, 1.807) is 12.3 Å². The molecule has 3 aliphatic rings. The summed E-state index contributed by atoms with van der Waals surface area (Å²) in [5.41, 5.74) is 0.586. The summed E-state index contributed by atoms with van der Waals surface area (Å²) in [6, 6.07) is -0.941. The van der Waals surface area contributed by atoms with Crippen LogP contribution in [0.1, 0.15) is 24.4 Å². The van der Waals surface area contributed by atoms with E-state index in [2.05, 4.69) is 30.1 Å². The molecule has 3 amide bonds. The molecular formula is C20H19N7O6S4. The highest BCUT2D eigenvalue weighted by Crippen LogP contribution is 2.41. The lowest BCUT2D eigenvalue weighted by molar-refractivity contribution is -0.150. The van der Waals surface area contributed by atoms with Gasteiger partial charge in [-0.3, -0.25) is 19.3 Å². The topological polar surface area (TPSA) is 176 Å². The minimum atomic E-state index is -1.20. The summed E-state index contributed by atoms with van der Waals surface area (Å²) in [5, 5.41) is 20.2. The Balaban J connectivity index is 1.30. The number of amides is 3. The van der Waals surface area contributed by atoms with E-state index < -0.39 is 29.2 Å². The van der Waals surface area contributed by atoms with E-state index in [1.165, 1.54) is 40.0 Å². The Kier molecular flexibility index (Phi) is 7.45. The number of carboxylic acids is 1. The van der Waals surface area contributed by atoms with Crippen molar-refractivity contribution in [1.82, 2.24) is 24.6 Å². The molecule has 17 heteroatoms. The Hall–Kier alpha value is -3.02. The van der Waals surface area contributed by atoms with Crippen LogP contribution in [0, 0.1) is 6.92 Å². The van der Waals surface area contributed by atoms with E-state index in [-0.39, 0.29) is 28.3 Å². The fraction of sp³-hybridized carbons (Fsp3) is 0.400. The number of thiazole rings is 1. The van der Waals surface area contributed by atoms with Gasteiger partial charge in [-0.05, 0) is 36.9 Å². The lowest BCUT2D eigenvalue weighted by Gasteiger charge is -2.49. The average molecular weight is 582 g/mol. The first-order valence-corrected chi connectivity index (χ1v) is 14.6. The van der Waals surface area contributed by atoms with Crippen molar-refractivity contribution < 1.29 is 29.1 Å². The van der Waals surface area contributed by atoms with Gasteiger partial charge in [-0.2, -0.15) is 4.37 Å². The normalized spacial score (nSPS) is 21.3. The molecule has 0 aromatic carbocycles. The van der Waals surface area contributed by atoms with Gasteiger partial charge in [-0.1, -0.05) is 16.9 Å². The predicted octanol–water partition coefficient (Wildman–Crippen LogP) is 1.29. The molecule has 194 valence electrons. The van der Waals surface area contributed by atoms with Crippen LogP contribution in [-0.2, 0) is 24.0 Å².